The molecule has 0 aromatic rings. The fourth-order valence-electron chi connectivity index (χ4n) is 3.09. The van der Waals surface area contributed by atoms with E-state index in [2.05, 4.69) is 27.7 Å². The number of nitrogens with two attached hydrogens (primary N) is 1. The zero-order chi connectivity index (χ0) is 13.1. The van der Waals surface area contributed by atoms with Gasteiger partial charge >= 0.3 is 0 Å². The Kier molecular flexibility index (Phi) is 11.0. The fraction of sp³-hybridized carbons (Fsp3) is 1.00. The molecule has 0 aromatic carbocycles. The highest BCUT2D eigenvalue weighted by Gasteiger charge is 2.24. The summed E-state index contributed by atoms with van der Waals surface area (Å²) in [6.45, 7) is 9.16. The van der Waals surface area contributed by atoms with Gasteiger partial charge in [-0.1, -0.05) is 72.6 Å². The molecule has 0 aliphatic carbocycles. The van der Waals surface area contributed by atoms with Gasteiger partial charge in [0.2, 0.25) is 0 Å². The molecule has 104 valence electrons. The molecule has 0 spiro atoms. The standard InChI is InChI=1S/C16H35N/c1-5-9-13-14(10-6-2)15(11-7-3)16(17)12-8-4/h14-16H,5-13,17H2,1-4H3. The highest BCUT2D eigenvalue weighted by atomic mass is 14.7. The lowest BCUT2D eigenvalue weighted by atomic mass is 9.77. The van der Waals surface area contributed by atoms with Gasteiger partial charge in [-0.3, -0.25) is 0 Å². The van der Waals surface area contributed by atoms with Crippen molar-refractivity contribution in [2.45, 2.75) is 91.5 Å². The van der Waals surface area contributed by atoms with Crippen molar-refractivity contribution in [1.29, 1.82) is 0 Å². The second kappa shape index (κ2) is 11.1. The molecule has 0 amide bonds. The SMILES string of the molecule is CCCCC(CCC)C(CCC)C(N)CCC. The van der Waals surface area contributed by atoms with E-state index in [1.807, 2.05) is 0 Å². The minimum atomic E-state index is 0.438. The first-order chi connectivity index (χ1) is 8.21. The van der Waals surface area contributed by atoms with Crippen LogP contribution in [-0.2, 0) is 0 Å². The second-order valence-electron chi connectivity index (χ2n) is 5.60. The number of hydrogen-bond donors (Lipinski definition) is 1. The van der Waals surface area contributed by atoms with Crippen molar-refractivity contribution in [3.8, 4) is 0 Å². The minimum Gasteiger partial charge on any atom is -0.327 e. The van der Waals surface area contributed by atoms with Gasteiger partial charge in [-0.05, 0) is 24.7 Å². The van der Waals surface area contributed by atoms with Gasteiger partial charge in [0.05, 0.1) is 0 Å². The van der Waals surface area contributed by atoms with Crippen molar-refractivity contribution in [1.82, 2.24) is 0 Å². The monoisotopic (exact) mass is 241 g/mol. The van der Waals surface area contributed by atoms with Crippen molar-refractivity contribution in [2.75, 3.05) is 0 Å². The Morgan fingerprint density at radius 3 is 1.76 bits per heavy atom. The summed E-state index contributed by atoms with van der Waals surface area (Å²) in [5, 5.41) is 0. The first kappa shape index (κ1) is 17.0. The molecule has 3 unspecified atom stereocenters. The van der Waals surface area contributed by atoms with Gasteiger partial charge < -0.3 is 5.73 Å². The molecule has 0 aliphatic rings. The normalized spacial score (nSPS) is 16.8. The summed E-state index contributed by atoms with van der Waals surface area (Å²) in [6.07, 6.45) is 11.8. The van der Waals surface area contributed by atoms with Gasteiger partial charge in [0.25, 0.3) is 0 Å². The topological polar surface area (TPSA) is 26.0 Å². The van der Waals surface area contributed by atoms with E-state index in [0.29, 0.717) is 6.04 Å². The summed E-state index contributed by atoms with van der Waals surface area (Å²) in [7, 11) is 0. The third-order valence-corrected chi connectivity index (χ3v) is 3.99. The van der Waals surface area contributed by atoms with Crippen molar-refractivity contribution in [2.24, 2.45) is 17.6 Å². The molecule has 1 heteroatoms. The van der Waals surface area contributed by atoms with Crippen LogP contribution < -0.4 is 5.73 Å². The molecule has 0 aromatic heterocycles. The lowest BCUT2D eigenvalue weighted by Crippen LogP contribution is -2.35. The largest absolute Gasteiger partial charge is 0.327 e. The molecule has 3 atom stereocenters. The van der Waals surface area contributed by atoms with E-state index < -0.39 is 0 Å². The Bertz CT molecular complexity index is 156. The van der Waals surface area contributed by atoms with Crippen LogP contribution in [0.15, 0.2) is 0 Å². The summed E-state index contributed by atoms with van der Waals surface area (Å²) in [5.41, 5.74) is 6.42. The van der Waals surface area contributed by atoms with E-state index in [1.165, 1.54) is 57.8 Å². The average molecular weight is 241 g/mol. The van der Waals surface area contributed by atoms with Gasteiger partial charge in [-0.15, -0.1) is 0 Å². The maximum Gasteiger partial charge on any atom is 0.00697 e. The van der Waals surface area contributed by atoms with E-state index in [4.69, 9.17) is 5.73 Å². The van der Waals surface area contributed by atoms with Crippen LogP contribution in [0.2, 0.25) is 0 Å². The van der Waals surface area contributed by atoms with Gasteiger partial charge in [0.1, 0.15) is 0 Å². The first-order valence-corrected chi connectivity index (χ1v) is 7.96. The van der Waals surface area contributed by atoms with Crippen molar-refractivity contribution >= 4 is 0 Å². The zero-order valence-electron chi connectivity index (χ0n) is 12.7. The van der Waals surface area contributed by atoms with Gasteiger partial charge in [-0.2, -0.15) is 0 Å². The van der Waals surface area contributed by atoms with Crippen LogP contribution in [0.1, 0.15) is 85.5 Å². The van der Waals surface area contributed by atoms with Crippen LogP contribution in [0, 0.1) is 11.8 Å². The molecule has 0 heterocycles. The first-order valence-electron chi connectivity index (χ1n) is 7.96. The molecular formula is C16H35N. The van der Waals surface area contributed by atoms with Crippen molar-refractivity contribution < 1.29 is 0 Å². The molecule has 17 heavy (non-hydrogen) atoms. The Morgan fingerprint density at radius 2 is 1.29 bits per heavy atom. The predicted molar refractivity (Wildman–Crippen MR) is 79.2 cm³/mol. The molecular weight excluding hydrogens is 206 g/mol. The number of unbranched alkanes of at least 4 members (excludes halogenated alkanes) is 1. The van der Waals surface area contributed by atoms with Crippen molar-refractivity contribution in [3.05, 3.63) is 0 Å². The summed E-state index contributed by atoms with van der Waals surface area (Å²) in [5.74, 6) is 1.65. The van der Waals surface area contributed by atoms with E-state index in [1.54, 1.807) is 0 Å². The van der Waals surface area contributed by atoms with Crippen molar-refractivity contribution in [3.63, 3.8) is 0 Å². The Morgan fingerprint density at radius 1 is 0.706 bits per heavy atom. The van der Waals surface area contributed by atoms with Gasteiger partial charge in [-0.25, -0.2) is 0 Å². The second-order valence-corrected chi connectivity index (χ2v) is 5.60. The highest BCUT2D eigenvalue weighted by molar-refractivity contribution is 4.79. The fourth-order valence-corrected chi connectivity index (χ4v) is 3.09. The maximum absolute atomic E-state index is 6.42. The minimum absolute atomic E-state index is 0.438. The smallest absolute Gasteiger partial charge is 0.00697 e. The predicted octanol–water partition coefficient (Wildman–Crippen LogP) is 5.14. The number of hydrogen-bond acceptors (Lipinski definition) is 1. The third kappa shape index (κ3) is 7.08. The Hall–Kier alpha value is -0.0400. The summed E-state index contributed by atoms with van der Waals surface area (Å²) in [6, 6.07) is 0.438. The molecule has 0 fully saturated rings. The molecule has 0 saturated carbocycles. The van der Waals surface area contributed by atoms with Crippen LogP contribution in [-0.4, -0.2) is 6.04 Å². The molecule has 0 saturated heterocycles. The summed E-state index contributed by atoms with van der Waals surface area (Å²) < 4.78 is 0. The third-order valence-electron chi connectivity index (χ3n) is 3.99. The van der Waals surface area contributed by atoms with Crippen LogP contribution in [0.3, 0.4) is 0 Å². The van der Waals surface area contributed by atoms with Crippen LogP contribution in [0.5, 0.6) is 0 Å². The van der Waals surface area contributed by atoms with E-state index >= 15 is 0 Å². The molecule has 0 rings (SSSR count). The average Bonchev–Trinajstić information content (AvgIpc) is 2.32. The van der Waals surface area contributed by atoms with Crippen LogP contribution in [0.25, 0.3) is 0 Å². The molecule has 0 bridgehead atoms. The quantitative estimate of drug-likeness (QED) is 0.533. The Balaban J connectivity index is 4.44. The molecule has 2 N–H and O–H groups in total. The molecule has 1 nitrogen and oxygen atoms in total. The summed E-state index contributed by atoms with van der Waals surface area (Å²) in [4.78, 5) is 0. The van der Waals surface area contributed by atoms with E-state index in [0.717, 1.165) is 11.8 Å². The number of rotatable bonds is 11. The maximum atomic E-state index is 6.42. The lowest BCUT2D eigenvalue weighted by molar-refractivity contribution is 0.221. The van der Waals surface area contributed by atoms with Gasteiger partial charge in [0, 0.05) is 6.04 Å². The van der Waals surface area contributed by atoms with Gasteiger partial charge in [0.15, 0.2) is 0 Å². The van der Waals surface area contributed by atoms with Crippen LogP contribution >= 0.6 is 0 Å². The zero-order valence-corrected chi connectivity index (χ0v) is 12.7. The summed E-state index contributed by atoms with van der Waals surface area (Å²) >= 11 is 0. The van der Waals surface area contributed by atoms with E-state index in [9.17, 15) is 0 Å². The molecule has 0 aliphatic heterocycles. The highest BCUT2D eigenvalue weighted by Crippen LogP contribution is 2.30. The Labute approximate surface area is 110 Å². The lowest BCUT2D eigenvalue weighted by Gasteiger charge is -2.32. The van der Waals surface area contributed by atoms with Crippen LogP contribution in [0.4, 0.5) is 0 Å². The van der Waals surface area contributed by atoms with E-state index in [-0.39, 0.29) is 0 Å². The molecule has 0 radical (unpaired) electrons.